The summed E-state index contributed by atoms with van der Waals surface area (Å²) < 4.78 is 13.6. The predicted molar refractivity (Wildman–Crippen MR) is 71.0 cm³/mol. The summed E-state index contributed by atoms with van der Waals surface area (Å²) in [6, 6.07) is 8.07. The molecule has 94 valence electrons. The average molecular weight is 265 g/mol. The summed E-state index contributed by atoms with van der Waals surface area (Å²) in [5.41, 5.74) is 8.31. The zero-order chi connectivity index (χ0) is 13.1. The molecule has 0 fully saturated rings. The lowest BCUT2D eigenvalue weighted by Gasteiger charge is -2.13. The molecule has 4 heteroatoms. The fourth-order valence-corrected chi connectivity index (χ4v) is 2.05. The highest BCUT2D eigenvalue weighted by Crippen LogP contribution is 2.24. The minimum absolute atomic E-state index is 0.328. The Morgan fingerprint density at radius 1 is 1.39 bits per heavy atom. The molecular weight excluding hydrogens is 251 g/mol. The van der Waals surface area contributed by atoms with Crippen LogP contribution in [-0.2, 0) is 6.42 Å². The van der Waals surface area contributed by atoms with E-state index in [2.05, 4.69) is 4.98 Å². The van der Waals surface area contributed by atoms with Crippen molar-refractivity contribution in [3.8, 4) is 0 Å². The summed E-state index contributed by atoms with van der Waals surface area (Å²) in [7, 11) is 0. The van der Waals surface area contributed by atoms with Gasteiger partial charge in [0.15, 0.2) is 0 Å². The average Bonchev–Trinajstić information content (AvgIpc) is 2.34. The minimum Gasteiger partial charge on any atom is -0.322 e. The first kappa shape index (κ1) is 13.0. The zero-order valence-corrected chi connectivity index (χ0v) is 10.8. The van der Waals surface area contributed by atoms with Gasteiger partial charge in [-0.05, 0) is 43.2 Å². The molecule has 0 spiro atoms. The second-order valence-corrected chi connectivity index (χ2v) is 4.68. The van der Waals surface area contributed by atoms with E-state index in [9.17, 15) is 4.39 Å². The second-order valence-electron chi connectivity index (χ2n) is 4.27. The number of nitrogens with two attached hydrogens (primary N) is 1. The second kappa shape index (κ2) is 5.46. The highest BCUT2D eigenvalue weighted by molar-refractivity contribution is 6.31. The lowest BCUT2D eigenvalue weighted by atomic mass is 10.0. The van der Waals surface area contributed by atoms with Crippen LogP contribution in [-0.4, -0.2) is 4.98 Å². The molecule has 0 radical (unpaired) electrons. The summed E-state index contributed by atoms with van der Waals surface area (Å²) in [4.78, 5) is 4.20. The van der Waals surface area contributed by atoms with Gasteiger partial charge in [0.1, 0.15) is 5.82 Å². The molecule has 0 saturated heterocycles. The van der Waals surface area contributed by atoms with E-state index in [1.807, 2.05) is 19.1 Å². The van der Waals surface area contributed by atoms with Gasteiger partial charge < -0.3 is 5.73 Å². The summed E-state index contributed by atoms with van der Waals surface area (Å²) in [6.45, 7) is 1.97. The number of hydrogen-bond donors (Lipinski definition) is 1. The first-order chi connectivity index (χ1) is 8.58. The number of halogens is 2. The lowest BCUT2D eigenvalue weighted by Crippen LogP contribution is -2.16. The quantitative estimate of drug-likeness (QED) is 0.923. The van der Waals surface area contributed by atoms with Gasteiger partial charge in [0.05, 0.1) is 11.7 Å². The van der Waals surface area contributed by atoms with Crippen molar-refractivity contribution >= 4 is 11.6 Å². The highest BCUT2D eigenvalue weighted by Gasteiger charge is 2.14. The monoisotopic (exact) mass is 264 g/mol. The maximum absolute atomic E-state index is 13.6. The molecule has 2 aromatic rings. The molecule has 1 aromatic heterocycles. The summed E-state index contributed by atoms with van der Waals surface area (Å²) in [5, 5.41) is 0.401. The van der Waals surface area contributed by atoms with Crippen molar-refractivity contribution in [1.29, 1.82) is 0 Å². The van der Waals surface area contributed by atoms with Gasteiger partial charge in [-0.3, -0.25) is 4.98 Å². The molecule has 1 atom stereocenters. The molecule has 2 N–H and O–H groups in total. The molecule has 1 unspecified atom stereocenters. The van der Waals surface area contributed by atoms with E-state index in [-0.39, 0.29) is 11.9 Å². The minimum atomic E-state index is -0.362. The zero-order valence-electron chi connectivity index (χ0n) is 10.0. The summed E-state index contributed by atoms with van der Waals surface area (Å²) in [5.74, 6) is -0.328. The van der Waals surface area contributed by atoms with Gasteiger partial charge in [0, 0.05) is 16.8 Å². The predicted octanol–water partition coefficient (Wildman–Crippen LogP) is 3.43. The third-order valence-corrected chi connectivity index (χ3v) is 3.16. The van der Waals surface area contributed by atoms with Gasteiger partial charge in [0.25, 0.3) is 0 Å². The van der Waals surface area contributed by atoms with E-state index in [1.54, 1.807) is 18.3 Å². The van der Waals surface area contributed by atoms with Gasteiger partial charge in [-0.2, -0.15) is 0 Å². The van der Waals surface area contributed by atoms with Crippen LogP contribution in [0.3, 0.4) is 0 Å². The van der Waals surface area contributed by atoms with Crippen molar-refractivity contribution in [3.63, 3.8) is 0 Å². The van der Waals surface area contributed by atoms with Gasteiger partial charge in [-0.15, -0.1) is 0 Å². The molecule has 2 nitrogen and oxygen atoms in total. The van der Waals surface area contributed by atoms with Gasteiger partial charge in [0.2, 0.25) is 0 Å². The fourth-order valence-electron chi connectivity index (χ4n) is 1.81. The Morgan fingerprint density at radius 2 is 2.17 bits per heavy atom. The van der Waals surface area contributed by atoms with Crippen molar-refractivity contribution in [2.75, 3.05) is 0 Å². The van der Waals surface area contributed by atoms with Crippen molar-refractivity contribution in [2.24, 2.45) is 5.73 Å². The number of benzene rings is 1. The van der Waals surface area contributed by atoms with Crippen LogP contribution in [0.15, 0.2) is 36.5 Å². The third kappa shape index (κ3) is 2.86. The first-order valence-corrected chi connectivity index (χ1v) is 6.06. The van der Waals surface area contributed by atoms with Crippen molar-refractivity contribution in [2.45, 2.75) is 19.4 Å². The largest absolute Gasteiger partial charge is 0.322 e. The number of nitrogens with zero attached hydrogens (tertiary/aromatic N) is 1. The Kier molecular flexibility index (Phi) is 3.94. The Balaban J connectivity index is 2.24. The smallest absolute Gasteiger partial charge is 0.127 e. The third-order valence-electron chi connectivity index (χ3n) is 2.80. The fraction of sp³-hybridized carbons (Fsp3) is 0.214. The number of hydrogen-bond acceptors (Lipinski definition) is 2. The number of pyridine rings is 1. The molecule has 1 aromatic carbocycles. The van der Waals surface area contributed by atoms with Crippen LogP contribution in [0.2, 0.25) is 5.02 Å². The summed E-state index contributed by atoms with van der Waals surface area (Å²) >= 11 is 5.98. The molecule has 0 aliphatic carbocycles. The Hall–Kier alpha value is -1.45. The van der Waals surface area contributed by atoms with Crippen LogP contribution in [0.1, 0.15) is 22.9 Å². The van der Waals surface area contributed by atoms with Crippen LogP contribution in [0.4, 0.5) is 4.39 Å². The number of aromatic nitrogens is 1. The lowest BCUT2D eigenvalue weighted by molar-refractivity contribution is 0.590. The van der Waals surface area contributed by atoms with Crippen LogP contribution >= 0.6 is 11.6 Å². The molecule has 2 rings (SSSR count). The van der Waals surface area contributed by atoms with Crippen LogP contribution in [0, 0.1) is 12.7 Å². The van der Waals surface area contributed by atoms with Crippen molar-refractivity contribution < 1.29 is 4.39 Å². The Labute approximate surface area is 111 Å². The molecular formula is C14H14ClFN2. The van der Waals surface area contributed by atoms with E-state index in [4.69, 9.17) is 17.3 Å². The van der Waals surface area contributed by atoms with E-state index >= 15 is 0 Å². The van der Waals surface area contributed by atoms with Crippen LogP contribution in [0.25, 0.3) is 0 Å². The Morgan fingerprint density at radius 3 is 2.83 bits per heavy atom. The molecule has 1 heterocycles. The SMILES string of the molecule is Cc1ccnc(C(N)Cc2c(F)cccc2Cl)c1. The van der Waals surface area contributed by atoms with Crippen LogP contribution < -0.4 is 5.73 Å². The van der Waals surface area contributed by atoms with E-state index in [1.165, 1.54) is 6.07 Å². The van der Waals surface area contributed by atoms with Crippen molar-refractivity contribution in [3.05, 3.63) is 64.2 Å². The molecule has 0 saturated carbocycles. The first-order valence-electron chi connectivity index (χ1n) is 5.69. The van der Waals surface area contributed by atoms with E-state index in [0.29, 0.717) is 17.0 Å². The molecule has 0 aliphatic rings. The Bertz CT molecular complexity index is 537. The highest BCUT2D eigenvalue weighted by atomic mass is 35.5. The normalized spacial score (nSPS) is 12.4. The number of aryl methyl sites for hydroxylation is 1. The molecule has 0 aliphatic heterocycles. The maximum atomic E-state index is 13.6. The van der Waals surface area contributed by atoms with Crippen LogP contribution in [0.5, 0.6) is 0 Å². The molecule has 0 bridgehead atoms. The van der Waals surface area contributed by atoms with Gasteiger partial charge in [-0.25, -0.2) is 4.39 Å². The van der Waals surface area contributed by atoms with Crippen molar-refractivity contribution in [1.82, 2.24) is 4.98 Å². The van der Waals surface area contributed by atoms with E-state index < -0.39 is 0 Å². The molecule has 0 amide bonds. The number of rotatable bonds is 3. The maximum Gasteiger partial charge on any atom is 0.127 e. The van der Waals surface area contributed by atoms with Gasteiger partial charge in [-0.1, -0.05) is 17.7 Å². The summed E-state index contributed by atoms with van der Waals surface area (Å²) in [6.07, 6.45) is 2.04. The molecule has 18 heavy (non-hydrogen) atoms. The van der Waals surface area contributed by atoms with Gasteiger partial charge >= 0.3 is 0 Å². The van der Waals surface area contributed by atoms with E-state index in [0.717, 1.165) is 11.3 Å². The standard InChI is InChI=1S/C14H14ClFN2/c1-9-5-6-18-14(7-9)13(17)8-10-11(15)3-2-4-12(10)16/h2-7,13H,8,17H2,1H3. The topological polar surface area (TPSA) is 38.9 Å².